The van der Waals surface area contributed by atoms with Gasteiger partial charge in [-0.1, -0.05) is 18.7 Å². The first-order chi connectivity index (χ1) is 23.9. The van der Waals surface area contributed by atoms with Crippen molar-refractivity contribution in [2.45, 2.75) is 39.4 Å². The van der Waals surface area contributed by atoms with Gasteiger partial charge in [0.2, 0.25) is 5.91 Å². The molecule has 13 heteroatoms. The van der Waals surface area contributed by atoms with Crippen LogP contribution in [0.5, 0.6) is 5.75 Å². The molecule has 4 aromatic heterocycles. The molecule has 1 aliphatic rings. The Bertz CT molecular complexity index is 2360. The molecule has 0 bridgehead atoms. The molecular weight excluding hydrogens is 661 g/mol. The van der Waals surface area contributed by atoms with Gasteiger partial charge in [-0.2, -0.15) is 10.2 Å². The minimum absolute atomic E-state index is 0.0360. The number of ether oxygens (including phenoxy) is 1. The lowest BCUT2D eigenvalue weighted by Crippen LogP contribution is -2.46. The van der Waals surface area contributed by atoms with E-state index >= 15 is 4.39 Å². The third-order valence-electron chi connectivity index (χ3n) is 9.37. The lowest BCUT2D eigenvalue weighted by molar-refractivity contribution is -0.132. The summed E-state index contributed by atoms with van der Waals surface area (Å²) in [5.41, 5.74) is 5.13. The molecule has 0 unspecified atom stereocenters. The first kappa shape index (κ1) is 33.1. The summed E-state index contributed by atoms with van der Waals surface area (Å²) in [6.45, 7) is 9.55. The van der Waals surface area contributed by atoms with Gasteiger partial charge in [-0.3, -0.25) is 19.0 Å². The SMILES string of the molecule is C=CC(=O)N1[C@H](C)c2cc(-c3nc(-c4ccc5c(C)n(C)nc5c4)c4ccsc4c3-c3c(F)cc(F)cc3OCC(=O)N(C)C)nn2C[C@@H]1C. The van der Waals surface area contributed by atoms with Gasteiger partial charge in [0.15, 0.2) is 6.61 Å². The van der Waals surface area contributed by atoms with Crippen molar-refractivity contribution in [3.05, 3.63) is 83.5 Å². The van der Waals surface area contributed by atoms with E-state index in [9.17, 15) is 14.0 Å². The Labute approximate surface area is 291 Å². The number of nitrogens with zero attached hydrogens (tertiary/aromatic N) is 7. The number of rotatable bonds is 7. The third kappa shape index (κ3) is 5.41. The van der Waals surface area contributed by atoms with Crippen LogP contribution in [0.2, 0.25) is 0 Å². The molecular formula is C37H35F2N7O3S. The fourth-order valence-corrected chi connectivity index (χ4v) is 7.67. The molecule has 0 saturated heterocycles. The van der Waals surface area contributed by atoms with Gasteiger partial charge in [-0.25, -0.2) is 13.8 Å². The van der Waals surface area contributed by atoms with E-state index < -0.39 is 18.2 Å². The number of likely N-dealkylation sites (N-methyl/N-ethyl adjacent to an activating group) is 1. The summed E-state index contributed by atoms with van der Waals surface area (Å²) in [5.74, 6) is -2.43. The summed E-state index contributed by atoms with van der Waals surface area (Å²) in [7, 11) is 5.04. The number of benzene rings is 2. The number of carbonyl (C=O) groups excluding carboxylic acids is 2. The lowest BCUT2D eigenvalue weighted by atomic mass is 9.96. The first-order valence-corrected chi connectivity index (χ1v) is 17.0. The number of pyridine rings is 1. The number of thiophene rings is 1. The predicted octanol–water partition coefficient (Wildman–Crippen LogP) is 6.91. The molecule has 7 rings (SSSR count). The molecule has 0 radical (unpaired) electrons. The van der Waals surface area contributed by atoms with E-state index in [4.69, 9.17) is 14.8 Å². The largest absolute Gasteiger partial charge is 0.483 e. The van der Waals surface area contributed by atoms with Crippen LogP contribution in [-0.4, -0.2) is 72.9 Å². The topological polar surface area (TPSA) is 98.4 Å². The molecule has 2 amide bonds. The van der Waals surface area contributed by atoms with Crippen LogP contribution in [0.1, 0.15) is 31.3 Å². The van der Waals surface area contributed by atoms with E-state index in [-0.39, 0.29) is 35.2 Å². The average molecular weight is 696 g/mol. The smallest absolute Gasteiger partial charge is 0.259 e. The number of carbonyl (C=O) groups is 2. The van der Waals surface area contributed by atoms with Crippen molar-refractivity contribution in [3.63, 3.8) is 0 Å². The molecule has 2 atom stereocenters. The lowest BCUT2D eigenvalue weighted by Gasteiger charge is -2.38. The van der Waals surface area contributed by atoms with Crippen LogP contribution in [0, 0.1) is 18.6 Å². The minimum atomic E-state index is -0.873. The molecule has 0 N–H and O–H groups in total. The summed E-state index contributed by atoms with van der Waals surface area (Å²) >= 11 is 1.38. The molecule has 10 nitrogen and oxygen atoms in total. The van der Waals surface area contributed by atoms with Crippen LogP contribution in [0.3, 0.4) is 0 Å². The summed E-state index contributed by atoms with van der Waals surface area (Å²) in [5, 5.41) is 13.3. The fraction of sp³-hybridized carbons (Fsp3) is 0.270. The highest BCUT2D eigenvalue weighted by Crippen LogP contribution is 2.47. The average Bonchev–Trinajstić information content (AvgIpc) is 3.80. The number of aryl methyl sites for hydroxylation is 2. The van der Waals surface area contributed by atoms with E-state index in [2.05, 4.69) is 11.7 Å². The second-order valence-corrected chi connectivity index (χ2v) is 13.7. The van der Waals surface area contributed by atoms with Gasteiger partial charge in [0.05, 0.1) is 35.1 Å². The number of hydrogen-bond donors (Lipinski definition) is 0. The Morgan fingerprint density at radius 3 is 2.58 bits per heavy atom. The number of fused-ring (bicyclic) bond motifs is 3. The molecule has 1 aliphatic heterocycles. The number of aromatic nitrogens is 5. The number of amides is 2. The molecule has 0 saturated carbocycles. The zero-order chi connectivity index (χ0) is 35.6. The van der Waals surface area contributed by atoms with Crippen LogP contribution in [-0.2, 0) is 23.2 Å². The van der Waals surface area contributed by atoms with Gasteiger partial charge in [0.25, 0.3) is 5.91 Å². The van der Waals surface area contributed by atoms with Crippen molar-refractivity contribution in [2.75, 3.05) is 20.7 Å². The summed E-state index contributed by atoms with van der Waals surface area (Å²) < 4.78 is 41.2. The van der Waals surface area contributed by atoms with Gasteiger partial charge in [-0.15, -0.1) is 11.3 Å². The van der Waals surface area contributed by atoms with Gasteiger partial charge < -0.3 is 14.5 Å². The normalized spacial score (nSPS) is 15.8. The molecule has 0 spiro atoms. The molecule has 0 aliphatic carbocycles. The van der Waals surface area contributed by atoms with E-state index in [1.807, 2.05) is 72.9 Å². The maximum Gasteiger partial charge on any atom is 0.259 e. The minimum Gasteiger partial charge on any atom is -0.483 e. The van der Waals surface area contributed by atoms with Crippen LogP contribution in [0.15, 0.2) is 60.5 Å². The van der Waals surface area contributed by atoms with E-state index in [1.165, 1.54) is 22.3 Å². The fourth-order valence-electron chi connectivity index (χ4n) is 6.72. The van der Waals surface area contributed by atoms with Crippen molar-refractivity contribution >= 4 is 44.1 Å². The highest BCUT2D eigenvalue weighted by Gasteiger charge is 2.35. The van der Waals surface area contributed by atoms with Gasteiger partial charge in [0, 0.05) is 71.6 Å². The van der Waals surface area contributed by atoms with Crippen molar-refractivity contribution in [3.8, 4) is 39.5 Å². The number of hydrogen-bond acceptors (Lipinski definition) is 7. The highest BCUT2D eigenvalue weighted by atomic mass is 32.1. The Balaban J connectivity index is 1.51. The third-order valence-corrected chi connectivity index (χ3v) is 10.3. The van der Waals surface area contributed by atoms with Crippen LogP contribution in [0.4, 0.5) is 8.78 Å². The molecule has 256 valence electrons. The maximum absolute atomic E-state index is 16.2. The Morgan fingerprint density at radius 2 is 1.84 bits per heavy atom. The Kier molecular flexibility index (Phi) is 8.25. The monoisotopic (exact) mass is 695 g/mol. The molecule has 2 aromatic carbocycles. The van der Waals surface area contributed by atoms with Crippen molar-refractivity contribution in [2.24, 2.45) is 7.05 Å². The standard InChI is InChI=1S/C37H35F2N7O3S/c1-8-31(47)46-19(2)17-45-29(21(46)4)16-28(42-45)36-34(33-26(39)14-23(38)15-30(33)49-18-32(48)43(5)6)37-25(11-12-50-37)35(40-36)22-9-10-24-20(3)44(7)41-27(24)13-22/h8-16,19,21H,1,17-18H2,2-7H3/t19-,21+/m0/s1. The summed E-state index contributed by atoms with van der Waals surface area (Å²) in [6, 6.07) is 11.1. The zero-order valence-corrected chi connectivity index (χ0v) is 29.3. The van der Waals surface area contributed by atoms with Gasteiger partial charge >= 0.3 is 0 Å². The summed E-state index contributed by atoms with van der Waals surface area (Å²) in [6.07, 6.45) is 1.30. The van der Waals surface area contributed by atoms with Crippen molar-refractivity contribution < 1.29 is 23.1 Å². The van der Waals surface area contributed by atoms with Crippen LogP contribution in [0.25, 0.3) is 54.8 Å². The van der Waals surface area contributed by atoms with E-state index in [1.54, 1.807) is 19.0 Å². The van der Waals surface area contributed by atoms with E-state index in [0.29, 0.717) is 33.9 Å². The zero-order valence-electron chi connectivity index (χ0n) is 28.5. The molecule has 6 aromatic rings. The second kappa shape index (κ2) is 12.5. The maximum atomic E-state index is 16.2. The Hall–Kier alpha value is -5.43. The van der Waals surface area contributed by atoms with Crippen LogP contribution >= 0.6 is 11.3 Å². The quantitative estimate of drug-likeness (QED) is 0.169. The van der Waals surface area contributed by atoms with Gasteiger partial charge in [-0.05, 0) is 50.4 Å². The first-order valence-electron chi connectivity index (χ1n) is 16.1. The van der Waals surface area contributed by atoms with Crippen LogP contribution < -0.4 is 4.74 Å². The summed E-state index contributed by atoms with van der Waals surface area (Å²) in [4.78, 5) is 33.7. The second-order valence-electron chi connectivity index (χ2n) is 12.7. The Morgan fingerprint density at radius 1 is 1.06 bits per heavy atom. The van der Waals surface area contributed by atoms with Crippen molar-refractivity contribution in [1.82, 2.24) is 34.3 Å². The predicted molar refractivity (Wildman–Crippen MR) is 190 cm³/mol. The molecule has 0 fully saturated rings. The number of halogens is 2. The highest BCUT2D eigenvalue weighted by molar-refractivity contribution is 7.18. The van der Waals surface area contributed by atoms with E-state index in [0.717, 1.165) is 45.4 Å². The molecule has 50 heavy (non-hydrogen) atoms. The van der Waals surface area contributed by atoms with Gasteiger partial charge in [0.1, 0.15) is 28.8 Å². The van der Waals surface area contributed by atoms with Crippen molar-refractivity contribution in [1.29, 1.82) is 0 Å². The molecule has 5 heterocycles.